The number of hydrogen-bond donors (Lipinski definition) is 2. The first-order chi connectivity index (χ1) is 17.4. The van der Waals surface area contributed by atoms with E-state index < -0.39 is 11.7 Å². The molecule has 3 aromatic heterocycles. The van der Waals surface area contributed by atoms with Crippen LogP contribution in [0.1, 0.15) is 40.0 Å². The largest absolute Gasteiger partial charge is 0.419 e. The van der Waals surface area contributed by atoms with Crippen LogP contribution in [-0.4, -0.2) is 39.6 Å². The molecule has 0 radical (unpaired) electrons. The lowest BCUT2D eigenvalue weighted by Crippen LogP contribution is -2.39. The van der Waals surface area contributed by atoms with E-state index in [4.69, 9.17) is 15.4 Å². The van der Waals surface area contributed by atoms with E-state index in [1.807, 2.05) is 30.3 Å². The monoisotopic (exact) mass is 483 g/mol. The lowest BCUT2D eigenvalue weighted by atomic mass is 10.0. The lowest BCUT2D eigenvalue weighted by molar-refractivity contribution is 0.100. The second-order valence-electron chi connectivity index (χ2n) is 8.91. The molecule has 10 nitrogen and oxygen atoms in total. The zero-order valence-corrected chi connectivity index (χ0v) is 19.8. The van der Waals surface area contributed by atoms with Crippen molar-refractivity contribution in [3.63, 3.8) is 0 Å². The van der Waals surface area contributed by atoms with E-state index in [2.05, 4.69) is 26.3 Å². The van der Waals surface area contributed by atoms with Crippen molar-refractivity contribution in [2.45, 2.75) is 25.3 Å². The van der Waals surface area contributed by atoms with E-state index in [1.165, 1.54) is 10.8 Å². The maximum absolute atomic E-state index is 12.1. The minimum absolute atomic E-state index is 0.155. The van der Waals surface area contributed by atoms with Crippen LogP contribution in [-0.2, 0) is 13.5 Å². The van der Waals surface area contributed by atoms with Gasteiger partial charge in [-0.15, -0.1) is 0 Å². The zero-order valence-electron chi connectivity index (χ0n) is 19.8. The summed E-state index contributed by atoms with van der Waals surface area (Å²) in [7, 11) is 1.67. The van der Waals surface area contributed by atoms with Crippen LogP contribution in [0.4, 0.5) is 11.5 Å². The number of nitrogens with one attached hydrogen (secondary N) is 1. The molecule has 0 spiro atoms. The second kappa shape index (κ2) is 9.54. The van der Waals surface area contributed by atoms with Crippen molar-refractivity contribution in [1.82, 2.24) is 14.5 Å². The number of nitriles is 1. The second-order valence-corrected chi connectivity index (χ2v) is 8.91. The molecule has 1 aliphatic heterocycles. The summed E-state index contributed by atoms with van der Waals surface area (Å²) in [6.07, 6.45) is 5.30. The van der Waals surface area contributed by atoms with Gasteiger partial charge in [-0.05, 0) is 48.7 Å². The van der Waals surface area contributed by atoms with Crippen LogP contribution in [0.25, 0.3) is 11.1 Å². The number of benzene rings is 1. The van der Waals surface area contributed by atoms with Gasteiger partial charge in [-0.2, -0.15) is 5.26 Å². The Morgan fingerprint density at radius 3 is 2.69 bits per heavy atom. The third kappa shape index (κ3) is 4.63. The normalized spacial score (nSPS) is 14.1. The Kier molecular flexibility index (Phi) is 6.12. The third-order valence-corrected chi connectivity index (χ3v) is 6.52. The molecule has 10 heteroatoms. The molecule has 1 aliphatic rings. The van der Waals surface area contributed by atoms with Crippen LogP contribution in [0.3, 0.4) is 0 Å². The molecular weight excluding hydrogens is 458 g/mol. The number of anilines is 2. The number of hydrogen-bond acceptors (Lipinski definition) is 8. The number of aromatic nitrogens is 3. The van der Waals surface area contributed by atoms with Crippen molar-refractivity contribution in [2.75, 3.05) is 23.3 Å². The molecule has 0 aliphatic carbocycles. The summed E-state index contributed by atoms with van der Waals surface area (Å²) in [5, 5.41) is 12.5. The number of carbonyl (C=O) groups excluding carboxylic acids is 1. The SMILES string of the molecule is Cn1c(=O)oc2cc(Cc3cc(NC4CCN(c5ccc(C#N)cn5)CC4)c(C(N)=O)cn3)ccc21. The number of nitrogens with two attached hydrogens (primary N) is 1. The fraction of sp³-hybridized carbons (Fsp3) is 0.269. The van der Waals surface area contributed by atoms with Gasteiger partial charge in [0.15, 0.2) is 5.58 Å². The quantitative estimate of drug-likeness (QED) is 0.426. The van der Waals surface area contributed by atoms with Crippen LogP contribution in [0.15, 0.2) is 58.0 Å². The average Bonchev–Trinajstić information content (AvgIpc) is 3.17. The van der Waals surface area contributed by atoms with Crippen molar-refractivity contribution >= 4 is 28.5 Å². The standard InChI is InChI=1S/C26H25N7O3/c1-32-22-4-2-16(11-23(22)36-26(32)35)10-19-12-21(20(15-29-19)25(28)34)31-18-6-8-33(9-7-18)24-5-3-17(13-27)14-30-24/h2-5,11-12,14-15,18H,6-10H2,1H3,(H2,28,34)(H,29,31). The highest BCUT2D eigenvalue weighted by molar-refractivity contribution is 5.98. The smallest absolute Gasteiger partial charge is 0.408 e. The van der Waals surface area contributed by atoms with Crippen molar-refractivity contribution in [2.24, 2.45) is 12.8 Å². The summed E-state index contributed by atoms with van der Waals surface area (Å²) in [6.45, 7) is 1.59. The first kappa shape index (κ1) is 23.1. The molecular formula is C26H25N7O3. The molecule has 0 unspecified atom stereocenters. The molecule has 1 fully saturated rings. The summed E-state index contributed by atoms with van der Waals surface area (Å²) >= 11 is 0. The minimum atomic E-state index is -0.539. The molecule has 1 aromatic carbocycles. The van der Waals surface area contributed by atoms with Crippen LogP contribution in [0, 0.1) is 11.3 Å². The van der Waals surface area contributed by atoms with E-state index in [9.17, 15) is 9.59 Å². The number of primary amides is 1. The maximum atomic E-state index is 12.1. The van der Waals surface area contributed by atoms with Gasteiger partial charge in [0.1, 0.15) is 11.9 Å². The maximum Gasteiger partial charge on any atom is 0.419 e. The topological polar surface area (TPSA) is 143 Å². The van der Waals surface area contributed by atoms with Crippen LogP contribution >= 0.6 is 0 Å². The molecule has 4 heterocycles. The molecule has 1 saturated heterocycles. The summed E-state index contributed by atoms with van der Waals surface area (Å²) in [6, 6.07) is 13.4. The first-order valence-corrected chi connectivity index (χ1v) is 11.7. The predicted octanol–water partition coefficient (Wildman–Crippen LogP) is 2.56. The van der Waals surface area contributed by atoms with Gasteiger partial charge in [0, 0.05) is 50.7 Å². The molecule has 4 aromatic rings. The minimum Gasteiger partial charge on any atom is -0.408 e. The first-order valence-electron chi connectivity index (χ1n) is 11.7. The van der Waals surface area contributed by atoms with E-state index >= 15 is 0 Å². The summed E-state index contributed by atoms with van der Waals surface area (Å²) < 4.78 is 6.76. The molecule has 36 heavy (non-hydrogen) atoms. The highest BCUT2D eigenvalue weighted by atomic mass is 16.4. The van der Waals surface area contributed by atoms with Crippen molar-refractivity contribution in [1.29, 1.82) is 5.26 Å². The Bertz CT molecular complexity index is 1520. The van der Waals surface area contributed by atoms with Gasteiger partial charge in [0.05, 0.1) is 22.3 Å². The fourth-order valence-corrected chi connectivity index (χ4v) is 4.52. The van der Waals surface area contributed by atoms with Gasteiger partial charge >= 0.3 is 5.76 Å². The highest BCUT2D eigenvalue weighted by Crippen LogP contribution is 2.24. The number of pyridine rings is 2. The average molecular weight is 484 g/mol. The van der Waals surface area contributed by atoms with Gasteiger partial charge in [-0.25, -0.2) is 9.78 Å². The highest BCUT2D eigenvalue weighted by Gasteiger charge is 2.22. The summed E-state index contributed by atoms with van der Waals surface area (Å²) in [4.78, 5) is 34.9. The fourth-order valence-electron chi connectivity index (χ4n) is 4.52. The molecule has 3 N–H and O–H groups in total. The van der Waals surface area contributed by atoms with Gasteiger partial charge in [-0.1, -0.05) is 6.07 Å². The molecule has 182 valence electrons. The van der Waals surface area contributed by atoms with Crippen LogP contribution in [0.5, 0.6) is 0 Å². The third-order valence-electron chi connectivity index (χ3n) is 6.52. The Labute approximate surface area is 207 Å². The van der Waals surface area contributed by atoms with Gasteiger partial charge in [0.2, 0.25) is 0 Å². The Balaban J connectivity index is 1.30. The number of fused-ring (bicyclic) bond motifs is 1. The summed E-state index contributed by atoms with van der Waals surface area (Å²) in [5.74, 6) is -0.0930. The Hall–Kier alpha value is -4.65. The molecule has 0 atom stereocenters. The summed E-state index contributed by atoms with van der Waals surface area (Å²) in [5.41, 5.74) is 10.1. The van der Waals surface area contributed by atoms with Crippen molar-refractivity contribution < 1.29 is 9.21 Å². The Morgan fingerprint density at radius 2 is 2.00 bits per heavy atom. The van der Waals surface area contributed by atoms with Crippen LogP contribution in [0.2, 0.25) is 0 Å². The predicted molar refractivity (Wildman–Crippen MR) is 135 cm³/mol. The molecule has 0 saturated carbocycles. The number of rotatable bonds is 6. The van der Waals surface area contributed by atoms with E-state index in [1.54, 1.807) is 19.3 Å². The Morgan fingerprint density at radius 1 is 1.19 bits per heavy atom. The van der Waals surface area contributed by atoms with Crippen LogP contribution < -0.4 is 21.7 Å². The van der Waals surface area contributed by atoms with Gasteiger partial charge in [0.25, 0.3) is 5.91 Å². The number of nitrogens with zero attached hydrogens (tertiary/aromatic N) is 5. The van der Waals surface area contributed by atoms with Gasteiger partial charge in [-0.3, -0.25) is 14.3 Å². The number of aryl methyl sites for hydroxylation is 1. The van der Waals surface area contributed by atoms with E-state index in [-0.39, 0.29) is 6.04 Å². The van der Waals surface area contributed by atoms with E-state index in [0.29, 0.717) is 28.8 Å². The van der Waals surface area contributed by atoms with E-state index in [0.717, 1.165) is 48.5 Å². The molecule has 1 amide bonds. The molecule has 5 rings (SSSR count). The number of piperidine rings is 1. The van der Waals surface area contributed by atoms with Gasteiger partial charge < -0.3 is 20.4 Å². The number of oxazole rings is 1. The van der Waals surface area contributed by atoms with Crippen molar-refractivity contribution in [3.8, 4) is 6.07 Å². The zero-order chi connectivity index (χ0) is 25.2. The van der Waals surface area contributed by atoms with Crippen molar-refractivity contribution in [3.05, 3.63) is 81.7 Å². The number of amides is 1. The lowest BCUT2D eigenvalue weighted by Gasteiger charge is -2.34. The molecule has 0 bridgehead atoms. The number of carbonyl (C=O) groups is 1.